The van der Waals surface area contributed by atoms with Gasteiger partial charge in [0.1, 0.15) is 11.5 Å². The third-order valence-corrected chi connectivity index (χ3v) is 7.18. The largest absolute Gasteiger partial charge is 0.503 e. The van der Waals surface area contributed by atoms with Gasteiger partial charge in [-0.1, -0.05) is 48.4 Å². The molecule has 36 heavy (non-hydrogen) atoms. The summed E-state index contributed by atoms with van der Waals surface area (Å²) in [6, 6.07) is 14.7. The predicted molar refractivity (Wildman–Crippen MR) is 139 cm³/mol. The highest BCUT2D eigenvalue weighted by molar-refractivity contribution is 7.22. The highest BCUT2D eigenvalue weighted by Gasteiger charge is 2.46. The molecule has 0 fully saturated rings. The normalized spacial score (nSPS) is 15.8. The van der Waals surface area contributed by atoms with Crippen molar-refractivity contribution < 1.29 is 23.8 Å². The Morgan fingerprint density at radius 2 is 1.97 bits per heavy atom. The number of hydrogen-bond acceptors (Lipinski definition) is 7. The Morgan fingerprint density at radius 3 is 2.67 bits per heavy atom. The molecule has 0 aliphatic carbocycles. The van der Waals surface area contributed by atoms with Gasteiger partial charge in [-0.05, 0) is 61.4 Å². The number of ether oxygens (including phenoxy) is 1. The number of amides is 1. The van der Waals surface area contributed by atoms with Gasteiger partial charge in [0.2, 0.25) is 5.78 Å². The zero-order valence-electron chi connectivity index (χ0n) is 19.7. The smallest absolute Gasteiger partial charge is 0.296 e. The summed E-state index contributed by atoms with van der Waals surface area (Å²) >= 11 is 7.40. The van der Waals surface area contributed by atoms with Crippen molar-refractivity contribution in [1.82, 2.24) is 4.98 Å². The highest BCUT2D eigenvalue weighted by atomic mass is 35.5. The molecule has 184 valence electrons. The zero-order chi connectivity index (χ0) is 25.4. The maximum absolute atomic E-state index is 13.5. The number of aliphatic hydroxyl groups is 1. The quantitative estimate of drug-likeness (QED) is 0.202. The molecule has 3 heterocycles. The molecule has 1 aliphatic heterocycles. The van der Waals surface area contributed by atoms with Gasteiger partial charge in [-0.3, -0.25) is 14.5 Å². The molecule has 5 rings (SSSR count). The van der Waals surface area contributed by atoms with Crippen LogP contribution in [0.5, 0.6) is 5.75 Å². The molecular weight excluding hydrogens is 500 g/mol. The van der Waals surface area contributed by atoms with Gasteiger partial charge < -0.3 is 14.3 Å². The van der Waals surface area contributed by atoms with Crippen molar-refractivity contribution in [3.05, 3.63) is 88.0 Å². The number of halogens is 1. The number of furan rings is 1. The van der Waals surface area contributed by atoms with Crippen molar-refractivity contribution >= 4 is 50.0 Å². The van der Waals surface area contributed by atoms with E-state index in [1.165, 1.54) is 22.3 Å². The fourth-order valence-corrected chi connectivity index (χ4v) is 5.38. The van der Waals surface area contributed by atoms with E-state index in [-0.39, 0.29) is 11.3 Å². The summed E-state index contributed by atoms with van der Waals surface area (Å²) in [6.07, 6.45) is 1.96. The van der Waals surface area contributed by atoms with Gasteiger partial charge in [-0.15, -0.1) is 0 Å². The monoisotopic (exact) mass is 522 g/mol. The van der Waals surface area contributed by atoms with E-state index in [0.717, 1.165) is 17.5 Å². The molecule has 0 radical (unpaired) electrons. The first-order chi connectivity index (χ1) is 17.4. The van der Waals surface area contributed by atoms with Crippen molar-refractivity contribution in [2.75, 3.05) is 11.5 Å². The number of Topliss-reactive ketones (excluding diaryl/α,β-unsaturated/α-hetero) is 1. The first-order valence-electron chi connectivity index (χ1n) is 11.5. The Hall–Kier alpha value is -3.62. The molecule has 0 bridgehead atoms. The van der Waals surface area contributed by atoms with Gasteiger partial charge in [-0.2, -0.15) is 0 Å². The fourth-order valence-electron chi connectivity index (χ4n) is 4.11. The summed E-state index contributed by atoms with van der Waals surface area (Å²) in [7, 11) is 0. The molecule has 1 atom stereocenters. The SMILES string of the molecule is CCCCOc1ccc(C2C(C(=O)c3ccc(C)o3)=C(O)C(=O)N2c2nc3ccc(Cl)cc3s2)cc1. The first-order valence-corrected chi connectivity index (χ1v) is 12.7. The minimum absolute atomic E-state index is 0.0456. The number of aromatic nitrogens is 1. The van der Waals surface area contributed by atoms with Crippen LogP contribution in [0.25, 0.3) is 10.2 Å². The van der Waals surface area contributed by atoms with Crippen LogP contribution in [0.2, 0.25) is 5.02 Å². The molecular formula is C27H23ClN2O5S. The van der Waals surface area contributed by atoms with E-state index in [2.05, 4.69) is 11.9 Å². The van der Waals surface area contributed by atoms with Gasteiger partial charge in [0.05, 0.1) is 28.4 Å². The average molecular weight is 523 g/mol. The van der Waals surface area contributed by atoms with Crippen LogP contribution in [0.3, 0.4) is 0 Å². The van der Waals surface area contributed by atoms with E-state index < -0.39 is 23.5 Å². The number of carbonyl (C=O) groups excluding carboxylic acids is 2. The number of benzene rings is 2. The Bertz CT molecular complexity index is 1490. The molecule has 2 aromatic heterocycles. The second-order valence-electron chi connectivity index (χ2n) is 8.46. The summed E-state index contributed by atoms with van der Waals surface area (Å²) in [5.41, 5.74) is 1.22. The predicted octanol–water partition coefficient (Wildman–Crippen LogP) is 6.81. The van der Waals surface area contributed by atoms with Crippen molar-refractivity contribution in [3.8, 4) is 5.75 Å². The molecule has 0 spiro atoms. The van der Waals surface area contributed by atoms with E-state index in [4.69, 9.17) is 20.8 Å². The minimum atomic E-state index is -0.906. The molecule has 9 heteroatoms. The second kappa shape index (κ2) is 9.79. The summed E-state index contributed by atoms with van der Waals surface area (Å²) in [4.78, 5) is 32.8. The van der Waals surface area contributed by atoms with Crippen LogP contribution in [-0.2, 0) is 4.79 Å². The molecule has 1 N–H and O–H groups in total. The van der Waals surface area contributed by atoms with E-state index >= 15 is 0 Å². The van der Waals surface area contributed by atoms with E-state index in [1.807, 2.05) is 0 Å². The molecule has 2 aromatic carbocycles. The second-order valence-corrected chi connectivity index (χ2v) is 9.90. The van der Waals surface area contributed by atoms with Gasteiger partial charge in [0.25, 0.3) is 5.91 Å². The lowest BCUT2D eigenvalue weighted by molar-refractivity contribution is -0.117. The van der Waals surface area contributed by atoms with Crippen molar-refractivity contribution in [1.29, 1.82) is 0 Å². The Kier molecular flexibility index (Phi) is 6.55. The number of anilines is 1. The Labute approximate surface area is 216 Å². The fraction of sp³-hybridized carbons (Fsp3) is 0.222. The van der Waals surface area contributed by atoms with Gasteiger partial charge in [0.15, 0.2) is 16.7 Å². The number of ketones is 1. The van der Waals surface area contributed by atoms with E-state index in [9.17, 15) is 14.7 Å². The summed E-state index contributed by atoms with van der Waals surface area (Å²) in [6.45, 7) is 4.41. The Morgan fingerprint density at radius 1 is 1.19 bits per heavy atom. The first kappa shape index (κ1) is 24.1. The van der Waals surface area contributed by atoms with E-state index in [0.29, 0.717) is 39.4 Å². The lowest BCUT2D eigenvalue weighted by Gasteiger charge is -2.24. The number of aliphatic hydroxyl groups excluding tert-OH is 1. The molecule has 4 aromatic rings. The van der Waals surface area contributed by atoms with Crippen LogP contribution in [0.1, 0.15) is 47.7 Å². The van der Waals surface area contributed by atoms with Crippen LogP contribution in [0, 0.1) is 6.92 Å². The number of nitrogens with zero attached hydrogens (tertiary/aromatic N) is 2. The summed E-state index contributed by atoms with van der Waals surface area (Å²) in [5.74, 6) is -0.619. The topological polar surface area (TPSA) is 92.9 Å². The third kappa shape index (κ3) is 4.38. The van der Waals surface area contributed by atoms with Gasteiger partial charge >= 0.3 is 0 Å². The lowest BCUT2D eigenvalue weighted by Crippen LogP contribution is -2.30. The number of hydrogen-bond donors (Lipinski definition) is 1. The van der Waals surface area contributed by atoms with Crippen LogP contribution < -0.4 is 9.64 Å². The number of rotatable bonds is 8. The van der Waals surface area contributed by atoms with Gasteiger partial charge in [0, 0.05) is 5.02 Å². The number of unbranched alkanes of at least 4 members (excludes halogenated alkanes) is 1. The summed E-state index contributed by atoms with van der Waals surface area (Å²) in [5, 5.41) is 11.8. The molecule has 1 aliphatic rings. The number of aryl methyl sites for hydroxylation is 1. The van der Waals surface area contributed by atoms with Crippen LogP contribution >= 0.6 is 22.9 Å². The highest BCUT2D eigenvalue weighted by Crippen LogP contribution is 2.44. The third-order valence-electron chi connectivity index (χ3n) is 5.92. The van der Waals surface area contributed by atoms with Crippen LogP contribution in [0.4, 0.5) is 5.13 Å². The molecule has 0 saturated carbocycles. The maximum Gasteiger partial charge on any atom is 0.296 e. The Balaban J connectivity index is 1.59. The molecule has 1 amide bonds. The summed E-state index contributed by atoms with van der Waals surface area (Å²) < 4.78 is 12.1. The lowest BCUT2D eigenvalue weighted by atomic mass is 9.95. The maximum atomic E-state index is 13.5. The molecule has 1 unspecified atom stereocenters. The van der Waals surface area contributed by atoms with Crippen molar-refractivity contribution in [2.45, 2.75) is 32.7 Å². The zero-order valence-corrected chi connectivity index (χ0v) is 21.2. The van der Waals surface area contributed by atoms with E-state index in [1.54, 1.807) is 55.5 Å². The van der Waals surface area contributed by atoms with Crippen LogP contribution in [0.15, 0.2) is 70.3 Å². The van der Waals surface area contributed by atoms with Crippen LogP contribution in [-0.4, -0.2) is 28.4 Å². The average Bonchev–Trinajstić information content (AvgIpc) is 3.55. The number of thiazole rings is 1. The van der Waals surface area contributed by atoms with Crippen molar-refractivity contribution in [2.24, 2.45) is 0 Å². The minimum Gasteiger partial charge on any atom is -0.503 e. The number of carbonyl (C=O) groups is 2. The molecule has 0 saturated heterocycles. The van der Waals surface area contributed by atoms with Gasteiger partial charge in [-0.25, -0.2) is 4.98 Å². The molecule has 7 nitrogen and oxygen atoms in total. The van der Waals surface area contributed by atoms with Crippen molar-refractivity contribution in [3.63, 3.8) is 0 Å². The standard InChI is InChI=1S/C27H23ClN2O5S/c1-3-4-13-34-18-9-6-16(7-10-18)23-22(24(31)20-12-5-15(2)35-20)25(32)26(33)30(23)27-29-19-11-8-17(28)14-21(19)36-27/h5-12,14,23,32H,3-4,13H2,1-2H3. The number of fused-ring (bicyclic) bond motifs is 1.